The Hall–Kier alpha value is -2.16. The van der Waals surface area contributed by atoms with E-state index < -0.39 is 42.3 Å². The average Bonchev–Trinajstić information content (AvgIpc) is 2.95. The summed E-state index contributed by atoms with van der Waals surface area (Å²) in [5, 5.41) is 2.64. The molecule has 2 heterocycles. The number of anilines is 1. The highest BCUT2D eigenvalue weighted by Gasteiger charge is 2.38. The van der Waals surface area contributed by atoms with Gasteiger partial charge in [-0.25, -0.2) is 4.39 Å². The van der Waals surface area contributed by atoms with Crippen molar-refractivity contribution in [1.82, 2.24) is 10.2 Å². The first-order chi connectivity index (χ1) is 12.7. The number of piperidine rings is 1. The van der Waals surface area contributed by atoms with Gasteiger partial charge in [0, 0.05) is 13.1 Å². The fourth-order valence-corrected chi connectivity index (χ4v) is 3.68. The van der Waals surface area contributed by atoms with Crippen molar-refractivity contribution in [3.05, 3.63) is 30.1 Å². The number of benzene rings is 1. The molecule has 1 aromatic carbocycles. The van der Waals surface area contributed by atoms with Crippen molar-refractivity contribution in [2.75, 3.05) is 31.1 Å². The normalized spacial score (nSPS) is 24.3. The Morgan fingerprint density at radius 3 is 2.63 bits per heavy atom. The lowest BCUT2D eigenvalue weighted by Crippen LogP contribution is -2.49. The molecule has 0 spiro atoms. The number of hydrogen-bond acceptors (Lipinski definition) is 3. The lowest BCUT2D eigenvalue weighted by molar-refractivity contribution is -0.152. The molecule has 2 saturated heterocycles. The zero-order valence-electron chi connectivity index (χ0n) is 14.6. The summed E-state index contributed by atoms with van der Waals surface area (Å²) in [6, 6.07) is 5.11. The van der Waals surface area contributed by atoms with Crippen molar-refractivity contribution in [2.45, 2.75) is 31.5 Å². The Balaban J connectivity index is 1.58. The maximum absolute atomic E-state index is 13.9. The van der Waals surface area contributed by atoms with Crippen LogP contribution >= 0.6 is 0 Å². The summed E-state index contributed by atoms with van der Waals surface area (Å²) in [4.78, 5) is 27.5. The number of nitrogens with one attached hydrogen (secondary N) is 1. The largest absolute Gasteiger partial charge is 0.401 e. The maximum Gasteiger partial charge on any atom is 0.401 e. The molecule has 2 amide bonds. The van der Waals surface area contributed by atoms with Gasteiger partial charge < -0.3 is 10.2 Å². The molecular formula is C18H21F4N3O2. The summed E-state index contributed by atoms with van der Waals surface area (Å²) in [6.07, 6.45) is -3.00. The van der Waals surface area contributed by atoms with Crippen LogP contribution in [0.2, 0.25) is 0 Å². The second-order valence-corrected chi connectivity index (χ2v) is 6.98. The summed E-state index contributed by atoms with van der Waals surface area (Å²) >= 11 is 0. The number of carbonyl (C=O) groups excluding carboxylic acids is 2. The second kappa shape index (κ2) is 7.84. The van der Waals surface area contributed by atoms with Crippen molar-refractivity contribution in [1.29, 1.82) is 0 Å². The van der Waals surface area contributed by atoms with Crippen LogP contribution in [0.4, 0.5) is 23.2 Å². The predicted molar refractivity (Wildman–Crippen MR) is 90.5 cm³/mol. The van der Waals surface area contributed by atoms with Gasteiger partial charge in [0.2, 0.25) is 11.8 Å². The van der Waals surface area contributed by atoms with Crippen molar-refractivity contribution < 1.29 is 27.2 Å². The minimum atomic E-state index is -4.31. The smallest absolute Gasteiger partial charge is 0.344 e. The number of para-hydroxylation sites is 1. The molecule has 2 atom stereocenters. The van der Waals surface area contributed by atoms with Crippen LogP contribution in [0, 0.1) is 11.7 Å². The monoisotopic (exact) mass is 387 g/mol. The van der Waals surface area contributed by atoms with Gasteiger partial charge in [0.25, 0.3) is 0 Å². The van der Waals surface area contributed by atoms with Gasteiger partial charge >= 0.3 is 6.18 Å². The van der Waals surface area contributed by atoms with E-state index >= 15 is 0 Å². The quantitative estimate of drug-likeness (QED) is 0.807. The van der Waals surface area contributed by atoms with Gasteiger partial charge in [0.1, 0.15) is 11.9 Å². The van der Waals surface area contributed by atoms with E-state index in [0.29, 0.717) is 25.8 Å². The minimum absolute atomic E-state index is 0.0171. The van der Waals surface area contributed by atoms with Crippen LogP contribution in [0.15, 0.2) is 24.3 Å². The van der Waals surface area contributed by atoms with E-state index in [1.807, 2.05) is 0 Å². The number of likely N-dealkylation sites (tertiary alicyclic amines) is 1. The van der Waals surface area contributed by atoms with Crippen LogP contribution < -0.4 is 10.2 Å². The Morgan fingerprint density at radius 2 is 1.93 bits per heavy atom. The van der Waals surface area contributed by atoms with Crippen molar-refractivity contribution in [3.8, 4) is 0 Å². The highest BCUT2D eigenvalue weighted by molar-refractivity contribution is 6.01. The van der Waals surface area contributed by atoms with E-state index in [1.165, 1.54) is 28.0 Å². The summed E-state index contributed by atoms with van der Waals surface area (Å²) in [7, 11) is 0. The third-order valence-corrected chi connectivity index (χ3v) is 4.94. The van der Waals surface area contributed by atoms with Gasteiger partial charge in [-0.15, -0.1) is 0 Å². The number of halogens is 4. The van der Waals surface area contributed by atoms with E-state index in [4.69, 9.17) is 0 Å². The fourth-order valence-electron chi connectivity index (χ4n) is 3.68. The van der Waals surface area contributed by atoms with Gasteiger partial charge in [-0.1, -0.05) is 12.1 Å². The summed E-state index contributed by atoms with van der Waals surface area (Å²) < 4.78 is 51.6. The predicted octanol–water partition coefficient (Wildman–Crippen LogP) is 2.32. The van der Waals surface area contributed by atoms with E-state index in [2.05, 4.69) is 5.32 Å². The molecule has 0 bridgehead atoms. The molecule has 2 aliphatic heterocycles. The SMILES string of the molecule is O=C(N[C@H]1CCN(c2ccccc2F)C1=O)[C@@H]1CCCN(CC(F)(F)F)C1. The lowest BCUT2D eigenvalue weighted by atomic mass is 9.96. The molecule has 5 nitrogen and oxygen atoms in total. The fraction of sp³-hybridized carbons (Fsp3) is 0.556. The number of alkyl halides is 3. The zero-order valence-corrected chi connectivity index (χ0v) is 14.6. The van der Waals surface area contributed by atoms with E-state index in [1.54, 1.807) is 6.07 Å². The molecule has 1 aromatic rings. The molecule has 1 N–H and O–H groups in total. The Bertz CT molecular complexity index is 710. The molecule has 0 aliphatic carbocycles. The van der Waals surface area contributed by atoms with Crippen LogP contribution in [0.25, 0.3) is 0 Å². The van der Waals surface area contributed by atoms with Crippen LogP contribution in [0.1, 0.15) is 19.3 Å². The second-order valence-electron chi connectivity index (χ2n) is 6.98. The highest BCUT2D eigenvalue weighted by Crippen LogP contribution is 2.26. The molecule has 0 unspecified atom stereocenters. The van der Waals surface area contributed by atoms with Gasteiger partial charge in [-0.2, -0.15) is 13.2 Å². The van der Waals surface area contributed by atoms with Crippen molar-refractivity contribution >= 4 is 17.5 Å². The zero-order chi connectivity index (χ0) is 19.6. The maximum atomic E-state index is 13.9. The molecule has 0 radical (unpaired) electrons. The number of amides is 2. The van der Waals surface area contributed by atoms with Crippen LogP contribution in [-0.4, -0.2) is 55.1 Å². The summed E-state index contributed by atoms with van der Waals surface area (Å²) in [5.41, 5.74) is 0.160. The van der Waals surface area contributed by atoms with E-state index in [0.717, 1.165) is 0 Å². The van der Waals surface area contributed by atoms with Gasteiger partial charge in [0.15, 0.2) is 0 Å². The molecular weight excluding hydrogens is 366 g/mol. The standard InChI is InChI=1S/C18H21F4N3O2/c19-13-5-1-2-6-15(13)25-9-7-14(17(25)27)23-16(26)12-4-3-8-24(10-12)11-18(20,21)22/h1-2,5-6,12,14H,3-4,7-11H2,(H,23,26)/t12-,14+/m1/s1. The van der Waals surface area contributed by atoms with Crippen LogP contribution in [0.5, 0.6) is 0 Å². The number of carbonyl (C=O) groups is 2. The third-order valence-electron chi connectivity index (χ3n) is 4.94. The number of rotatable bonds is 4. The number of hydrogen-bond donors (Lipinski definition) is 1. The Labute approximate surface area is 154 Å². The summed E-state index contributed by atoms with van der Waals surface area (Å²) in [6.45, 7) is -0.453. The van der Waals surface area contributed by atoms with E-state index in [9.17, 15) is 27.2 Å². The molecule has 0 saturated carbocycles. The van der Waals surface area contributed by atoms with Gasteiger partial charge in [0.05, 0.1) is 18.2 Å². The molecule has 0 aromatic heterocycles. The Kier molecular flexibility index (Phi) is 5.69. The van der Waals surface area contributed by atoms with Crippen LogP contribution in [0.3, 0.4) is 0 Å². The topological polar surface area (TPSA) is 52.7 Å². The van der Waals surface area contributed by atoms with Gasteiger partial charge in [-0.3, -0.25) is 14.5 Å². The molecule has 148 valence electrons. The average molecular weight is 387 g/mol. The van der Waals surface area contributed by atoms with Crippen molar-refractivity contribution in [2.24, 2.45) is 5.92 Å². The third kappa shape index (κ3) is 4.77. The minimum Gasteiger partial charge on any atom is -0.344 e. The molecule has 2 aliphatic rings. The number of nitrogens with zero attached hydrogens (tertiary/aromatic N) is 2. The van der Waals surface area contributed by atoms with Crippen LogP contribution in [-0.2, 0) is 9.59 Å². The van der Waals surface area contributed by atoms with Gasteiger partial charge in [-0.05, 0) is 37.9 Å². The molecule has 27 heavy (non-hydrogen) atoms. The van der Waals surface area contributed by atoms with Crippen molar-refractivity contribution in [3.63, 3.8) is 0 Å². The highest BCUT2D eigenvalue weighted by atomic mass is 19.4. The molecule has 3 rings (SSSR count). The first kappa shape index (κ1) is 19.6. The lowest BCUT2D eigenvalue weighted by Gasteiger charge is -2.32. The molecule has 2 fully saturated rings. The molecule has 9 heteroatoms. The van der Waals surface area contributed by atoms with E-state index in [-0.39, 0.29) is 18.8 Å². The first-order valence-corrected chi connectivity index (χ1v) is 8.90. The Morgan fingerprint density at radius 1 is 1.19 bits per heavy atom. The summed E-state index contributed by atoms with van der Waals surface area (Å²) in [5.74, 6) is -1.93. The first-order valence-electron chi connectivity index (χ1n) is 8.90.